The van der Waals surface area contributed by atoms with E-state index in [0.717, 1.165) is 25.0 Å². The van der Waals surface area contributed by atoms with E-state index in [0.29, 0.717) is 12.5 Å². The van der Waals surface area contributed by atoms with E-state index < -0.39 is 16.3 Å². The summed E-state index contributed by atoms with van der Waals surface area (Å²) in [5, 5.41) is 14.0. The van der Waals surface area contributed by atoms with Gasteiger partial charge in [-0.25, -0.2) is 4.39 Å². The van der Waals surface area contributed by atoms with E-state index in [1.165, 1.54) is 6.07 Å². The summed E-state index contributed by atoms with van der Waals surface area (Å²) in [6, 6.07) is 3.40. The molecule has 6 heteroatoms. The third-order valence-electron chi connectivity index (χ3n) is 3.48. The predicted octanol–water partition coefficient (Wildman–Crippen LogP) is 2.27. The van der Waals surface area contributed by atoms with Gasteiger partial charge in [0.05, 0.1) is 4.92 Å². The first-order chi connectivity index (χ1) is 8.46. The zero-order valence-electron chi connectivity index (χ0n) is 10.1. The Kier molecular flexibility index (Phi) is 3.21. The van der Waals surface area contributed by atoms with Gasteiger partial charge in [-0.3, -0.25) is 10.1 Å². The number of rotatable bonds is 5. The van der Waals surface area contributed by atoms with Crippen LogP contribution in [0.3, 0.4) is 0 Å². The molecule has 0 aliphatic heterocycles. The maximum Gasteiger partial charge on any atom is 0.292 e. The Morgan fingerprint density at radius 2 is 2.28 bits per heavy atom. The Balaban J connectivity index is 2.32. The smallest absolute Gasteiger partial charge is 0.292 e. The highest BCUT2D eigenvalue weighted by atomic mass is 19.1. The quantitative estimate of drug-likeness (QED) is 0.623. The van der Waals surface area contributed by atoms with Gasteiger partial charge < -0.3 is 11.1 Å². The Bertz CT molecular complexity index is 476. The van der Waals surface area contributed by atoms with E-state index in [1.54, 1.807) is 0 Å². The molecule has 18 heavy (non-hydrogen) atoms. The molecule has 0 radical (unpaired) electrons. The van der Waals surface area contributed by atoms with Gasteiger partial charge in [0.1, 0.15) is 11.5 Å². The molecule has 3 N–H and O–H groups in total. The predicted molar refractivity (Wildman–Crippen MR) is 66.9 cm³/mol. The van der Waals surface area contributed by atoms with E-state index in [-0.39, 0.29) is 11.4 Å². The van der Waals surface area contributed by atoms with Crippen LogP contribution < -0.4 is 11.1 Å². The Labute approximate surface area is 104 Å². The first-order valence-corrected chi connectivity index (χ1v) is 5.88. The van der Waals surface area contributed by atoms with Crippen molar-refractivity contribution in [3.05, 3.63) is 34.1 Å². The molecule has 98 valence electrons. The summed E-state index contributed by atoms with van der Waals surface area (Å²) in [4.78, 5) is 10.4. The molecule has 0 bridgehead atoms. The first-order valence-electron chi connectivity index (χ1n) is 5.88. The van der Waals surface area contributed by atoms with Crippen molar-refractivity contribution >= 4 is 11.4 Å². The molecule has 1 atom stereocenters. The van der Waals surface area contributed by atoms with Gasteiger partial charge in [-0.05, 0) is 31.7 Å². The Hall–Kier alpha value is -1.69. The molecule has 5 nitrogen and oxygen atoms in total. The van der Waals surface area contributed by atoms with Crippen LogP contribution in [0.4, 0.5) is 15.8 Å². The zero-order chi connectivity index (χ0) is 13.3. The van der Waals surface area contributed by atoms with E-state index >= 15 is 0 Å². The standard InChI is InChI=1S/C12H16FN3O2/c1-12(7-14,8-2-3-8)15-10-6-9(13)4-5-11(10)16(17)18/h4-6,8,15H,2-3,7,14H2,1H3. The molecule has 1 aliphatic rings. The van der Waals surface area contributed by atoms with Crippen LogP contribution >= 0.6 is 0 Å². The minimum atomic E-state index is -0.522. The number of benzene rings is 1. The number of nitrogens with two attached hydrogens (primary N) is 1. The Morgan fingerprint density at radius 3 is 2.78 bits per heavy atom. The number of nitrogens with one attached hydrogen (secondary N) is 1. The van der Waals surface area contributed by atoms with Crippen LogP contribution in [0.2, 0.25) is 0 Å². The second-order valence-corrected chi connectivity index (χ2v) is 4.94. The van der Waals surface area contributed by atoms with Gasteiger partial charge in [0.25, 0.3) is 5.69 Å². The normalized spacial score (nSPS) is 18.2. The van der Waals surface area contributed by atoms with E-state index in [9.17, 15) is 14.5 Å². The van der Waals surface area contributed by atoms with E-state index in [2.05, 4.69) is 5.32 Å². The van der Waals surface area contributed by atoms with Crippen molar-refractivity contribution in [1.29, 1.82) is 0 Å². The number of halogens is 1. The summed E-state index contributed by atoms with van der Waals surface area (Å²) >= 11 is 0. The number of hydrogen-bond donors (Lipinski definition) is 2. The zero-order valence-corrected chi connectivity index (χ0v) is 10.1. The Morgan fingerprint density at radius 1 is 1.61 bits per heavy atom. The molecular formula is C12H16FN3O2. The fourth-order valence-electron chi connectivity index (χ4n) is 2.12. The second-order valence-electron chi connectivity index (χ2n) is 4.94. The lowest BCUT2D eigenvalue weighted by Crippen LogP contribution is -2.44. The van der Waals surface area contributed by atoms with Crippen molar-refractivity contribution in [2.45, 2.75) is 25.3 Å². The molecule has 0 heterocycles. The van der Waals surface area contributed by atoms with Crippen LogP contribution in [0.25, 0.3) is 0 Å². The minimum absolute atomic E-state index is 0.128. The molecule has 0 amide bonds. The lowest BCUT2D eigenvalue weighted by molar-refractivity contribution is -0.384. The van der Waals surface area contributed by atoms with Crippen LogP contribution in [0.1, 0.15) is 19.8 Å². The number of hydrogen-bond acceptors (Lipinski definition) is 4. The third kappa shape index (κ3) is 2.43. The van der Waals surface area contributed by atoms with Crippen LogP contribution in [0.5, 0.6) is 0 Å². The summed E-state index contributed by atoms with van der Waals surface area (Å²) in [6.07, 6.45) is 2.09. The maximum absolute atomic E-state index is 13.2. The topological polar surface area (TPSA) is 81.2 Å². The lowest BCUT2D eigenvalue weighted by atomic mass is 9.95. The summed E-state index contributed by atoms with van der Waals surface area (Å²) in [6.45, 7) is 2.27. The molecule has 1 aliphatic carbocycles. The van der Waals surface area contributed by atoms with Crippen molar-refractivity contribution in [2.24, 2.45) is 11.7 Å². The molecule has 1 saturated carbocycles. The fourth-order valence-corrected chi connectivity index (χ4v) is 2.12. The molecule has 0 aromatic heterocycles. The van der Waals surface area contributed by atoms with Crippen molar-refractivity contribution in [3.8, 4) is 0 Å². The molecule has 1 aromatic rings. The highest BCUT2D eigenvalue weighted by Gasteiger charge is 2.41. The summed E-state index contributed by atoms with van der Waals surface area (Å²) in [7, 11) is 0. The lowest BCUT2D eigenvalue weighted by Gasteiger charge is -2.30. The molecule has 0 saturated heterocycles. The van der Waals surface area contributed by atoms with Gasteiger partial charge in [-0.2, -0.15) is 0 Å². The first kappa shape index (κ1) is 12.8. The average Bonchev–Trinajstić information content (AvgIpc) is 3.12. The molecular weight excluding hydrogens is 237 g/mol. The van der Waals surface area contributed by atoms with Gasteiger partial charge in [-0.1, -0.05) is 0 Å². The van der Waals surface area contributed by atoms with Crippen molar-refractivity contribution in [3.63, 3.8) is 0 Å². The van der Waals surface area contributed by atoms with E-state index in [1.807, 2.05) is 6.92 Å². The molecule has 1 fully saturated rings. The van der Waals surface area contributed by atoms with Crippen molar-refractivity contribution in [2.75, 3.05) is 11.9 Å². The van der Waals surface area contributed by atoms with Crippen molar-refractivity contribution < 1.29 is 9.31 Å². The number of anilines is 1. The van der Waals surface area contributed by atoms with Crippen LogP contribution in [0, 0.1) is 21.8 Å². The van der Waals surface area contributed by atoms with Gasteiger partial charge in [0, 0.05) is 24.2 Å². The molecule has 1 unspecified atom stereocenters. The van der Waals surface area contributed by atoms with Crippen LogP contribution in [-0.2, 0) is 0 Å². The van der Waals surface area contributed by atoms with Gasteiger partial charge in [-0.15, -0.1) is 0 Å². The highest BCUT2D eigenvalue weighted by Crippen LogP contribution is 2.42. The number of nitro groups is 1. The van der Waals surface area contributed by atoms with E-state index in [4.69, 9.17) is 5.73 Å². The molecule has 0 spiro atoms. The summed E-state index contributed by atoms with van der Waals surface area (Å²) in [5.74, 6) is -0.108. The van der Waals surface area contributed by atoms with Gasteiger partial charge in [0.2, 0.25) is 0 Å². The third-order valence-corrected chi connectivity index (χ3v) is 3.48. The van der Waals surface area contributed by atoms with Crippen LogP contribution in [0.15, 0.2) is 18.2 Å². The second kappa shape index (κ2) is 4.53. The molecule has 2 rings (SSSR count). The maximum atomic E-state index is 13.2. The number of nitrogens with zero attached hydrogens (tertiary/aromatic N) is 1. The SMILES string of the molecule is CC(CN)(Nc1cc(F)ccc1[N+](=O)[O-])C1CC1. The van der Waals surface area contributed by atoms with Gasteiger partial charge in [0.15, 0.2) is 0 Å². The highest BCUT2D eigenvalue weighted by molar-refractivity contribution is 5.63. The minimum Gasteiger partial charge on any atom is -0.373 e. The summed E-state index contributed by atoms with van der Waals surface area (Å²) < 4.78 is 13.2. The van der Waals surface area contributed by atoms with Crippen molar-refractivity contribution in [1.82, 2.24) is 0 Å². The largest absolute Gasteiger partial charge is 0.373 e. The van der Waals surface area contributed by atoms with Gasteiger partial charge >= 0.3 is 0 Å². The molecule has 1 aromatic carbocycles. The fraction of sp³-hybridized carbons (Fsp3) is 0.500. The number of nitro benzene ring substituents is 1. The monoisotopic (exact) mass is 253 g/mol. The summed E-state index contributed by atoms with van der Waals surface area (Å²) in [5.41, 5.74) is 5.38. The average molecular weight is 253 g/mol. The van der Waals surface area contributed by atoms with Crippen LogP contribution in [-0.4, -0.2) is 17.0 Å².